The molecule has 0 aliphatic rings. The SMILES string of the molecule is CCC[C@H](NC(=O)CCc1ccsc1)C(=O)O. The van der Waals surface area contributed by atoms with Gasteiger partial charge in [0, 0.05) is 6.42 Å². The summed E-state index contributed by atoms with van der Waals surface area (Å²) >= 11 is 1.59. The van der Waals surface area contributed by atoms with Crippen LogP contribution in [0.5, 0.6) is 0 Å². The molecule has 0 saturated heterocycles. The molecule has 17 heavy (non-hydrogen) atoms. The lowest BCUT2D eigenvalue weighted by Gasteiger charge is -2.13. The summed E-state index contributed by atoms with van der Waals surface area (Å²) in [4.78, 5) is 22.4. The zero-order valence-electron chi connectivity index (χ0n) is 9.81. The number of nitrogens with one attached hydrogen (secondary N) is 1. The second kappa shape index (κ2) is 7.06. The van der Waals surface area contributed by atoms with Crippen molar-refractivity contribution in [2.75, 3.05) is 0 Å². The van der Waals surface area contributed by atoms with E-state index in [2.05, 4.69) is 5.32 Å². The average Bonchev–Trinajstić information content (AvgIpc) is 2.78. The van der Waals surface area contributed by atoms with Gasteiger partial charge in [-0.05, 0) is 35.2 Å². The van der Waals surface area contributed by atoms with E-state index in [1.54, 1.807) is 11.3 Å². The maximum Gasteiger partial charge on any atom is 0.326 e. The number of thiophene rings is 1. The molecule has 1 atom stereocenters. The summed E-state index contributed by atoms with van der Waals surface area (Å²) in [5.41, 5.74) is 1.12. The Labute approximate surface area is 105 Å². The Kier molecular flexibility index (Phi) is 5.69. The van der Waals surface area contributed by atoms with Crippen LogP contribution in [0.2, 0.25) is 0 Å². The molecule has 94 valence electrons. The summed E-state index contributed by atoms with van der Waals surface area (Å²) in [5.74, 6) is -1.16. The van der Waals surface area contributed by atoms with Crippen LogP contribution >= 0.6 is 11.3 Å². The predicted octanol–water partition coefficient (Wildman–Crippen LogP) is 2.05. The van der Waals surface area contributed by atoms with E-state index in [-0.39, 0.29) is 5.91 Å². The molecule has 1 amide bonds. The number of amides is 1. The van der Waals surface area contributed by atoms with Crippen molar-refractivity contribution in [1.82, 2.24) is 5.32 Å². The van der Waals surface area contributed by atoms with Crippen LogP contribution in [0.4, 0.5) is 0 Å². The van der Waals surface area contributed by atoms with Gasteiger partial charge in [0.2, 0.25) is 5.91 Å². The maximum atomic E-state index is 11.6. The molecule has 2 N–H and O–H groups in total. The molecule has 0 aliphatic carbocycles. The molecule has 1 rings (SSSR count). The fourth-order valence-electron chi connectivity index (χ4n) is 1.51. The summed E-state index contributed by atoms with van der Waals surface area (Å²) in [6, 6.07) is 1.22. The van der Waals surface area contributed by atoms with E-state index in [0.29, 0.717) is 19.3 Å². The standard InChI is InChI=1S/C12H17NO3S/c1-2-3-10(12(15)16)13-11(14)5-4-9-6-7-17-8-9/h6-8,10H,2-5H2,1H3,(H,13,14)(H,15,16)/t10-/m0/s1. The van der Waals surface area contributed by atoms with Crippen molar-refractivity contribution >= 4 is 23.2 Å². The minimum absolute atomic E-state index is 0.197. The second-order valence-electron chi connectivity index (χ2n) is 3.88. The van der Waals surface area contributed by atoms with E-state index in [1.807, 2.05) is 23.8 Å². The van der Waals surface area contributed by atoms with Gasteiger partial charge in [0.05, 0.1) is 0 Å². The third-order valence-electron chi connectivity index (χ3n) is 2.43. The third kappa shape index (κ3) is 4.99. The monoisotopic (exact) mass is 255 g/mol. The molecule has 0 aromatic carbocycles. The van der Waals surface area contributed by atoms with Crippen LogP contribution in [0.15, 0.2) is 16.8 Å². The minimum Gasteiger partial charge on any atom is -0.480 e. The normalized spacial score (nSPS) is 12.1. The van der Waals surface area contributed by atoms with Crippen LogP contribution in [-0.4, -0.2) is 23.0 Å². The van der Waals surface area contributed by atoms with Crippen molar-refractivity contribution in [2.45, 2.75) is 38.6 Å². The number of carboxylic acids is 1. The van der Waals surface area contributed by atoms with Gasteiger partial charge < -0.3 is 10.4 Å². The molecular weight excluding hydrogens is 238 g/mol. The lowest BCUT2D eigenvalue weighted by molar-refractivity contribution is -0.142. The smallest absolute Gasteiger partial charge is 0.326 e. The number of aryl methyl sites for hydroxylation is 1. The number of carboxylic acid groups (broad SMARTS) is 1. The van der Waals surface area contributed by atoms with E-state index in [1.165, 1.54) is 0 Å². The fourth-order valence-corrected chi connectivity index (χ4v) is 2.21. The molecule has 1 aromatic heterocycles. The van der Waals surface area contributed by atoms with Crippen molar-refractivity contribution in [3.63, 3.8) is 0 Å². The van der Waals surface area contributed by atoms with Gasteiger partial charge in [0.15, 0.2) is 0 Å². The summed E-state index contributed by atoms with van der Waals surface area (Å²) in [7, 11) is 0. The average molecular weight is 255 g/mol. The van der Waals surface area contributed by atoms with Crippen LogP contribution < -0.4 is 5.32 Å². The topological polar surface area (TPSA) is 66.4 Å². The molecule has 1 heterocycles. The summed E-state index contributed by atoms with van der Waals surface area (Å²) in [6.07, 6.45) is 2.21. The Morgan fingerprint density at radius 1 is 1.53 bits per heavy atom. The highest BCUT2D eigenvalue weighted by Crippen LogP contribution is 2.08. The van der Waals surface area contributed by atoms with Gasteiger partial charge in [0.1, 0.15) is 6.04 Å². The first-order chi connectivity index (χ1) is 8.13. The molecule has 0 fully saturated rings. The Morgan fingerprint density at radius 2 is 2.29 bits per heavy atom. The molecule has 5 heteroatoms. The van der Waals surface area contributed by atoms with Gasteiger partial charge in [-0.1, -0.05) is 13.3 Å². The number of hydrogen-bond acceptors (Lipinski definition) is 3. The van der Waals surface area contributed by atoms with E-state index < -0.39 is 12.0 Å². The number of aliphatic carboxylic acids is 1. The molecule has 0 unspecified atom stereocenters. The van der Waals surface area contributed by atoms with Crippen molar-refractivity contribution in [3.05, 3.63) is 22.4 Å². The molecule has 1 aromatic rings. The van der Waals surface area contributed by atoms with Crippen LogP contribution in [0.25, 0.3) is 0 Å². The first-order valence-electron chi connectivity index (χ1n) is 5.66. The first kappa shape index (κ1) is 13.7. The van der Waals surface area contributed by atoms with E-state index in [9.17, 15) is 9.59 Å². The Bertz CT molecular complexity index is 362. The van der Waals surface area contributed by atoms with Gasteiger partial charge >= 0.3 is 5.97 Å². The quantitative estimate of drug-likeness (QED) is 0.783. The van der Waals surface area contributed by atoms with Crippen LogP contribution in [0, 0.1) is 0 Å². The first-order valence-corrected chi connectivity index (χ1v) is 6.61. The highest BCUT2D eigenvalue weighted by molar-refractivity contribution is 7.07. The maximum absolute atomic E-state index is 11.6. The van der Waals surface area contributed by atoms with Crippen LogP contribution in [-0.2, 0) is 16.0 Å². The summed E-state index contributed by atoms with van der Waals surface area (Å²) in [5, 5.41) is 15.4. The van der Waals surface area contributed by atoms with Crippen molar-refractivity contribution in [2.24, 2.45) is 0 Å². The minimum atomic E-state index is -0.962. The van der Waals surface area contributed by atoms with E-state index >= 15 is 0 Å². The fraction of sp³-hybridized carbons (Fsp3) is 0.500. The molecule has 0 radical (unpaired) electrons. The van der Waals surface area contributed by atoms with Crippen molar-refractivity contribution in [3.8, 4) is 0 Å². The van der Waals surface area contributed by atoms with Crippen LogP contribution in [0.3, 0.4) is 0 Å². The number of rotatable bonds is 7. The second-order valence-corrected chi connectivity index (χ2v) is 4.66. The largest absolute Gasteiger partial charge is 0.480 e. The summed E-state index contributed by atoms with van der Waals surface area (Å²) in [6.45, 7) is 1.90. The lowest BCUT2D eigenvalue weighted by Crippen LogP contribution is -2.40. The molecule has 0 aliphatic heterocycles. The number of carbonyl (C=O) groups is 2. The van der Waals surface area contributed by atoms with Gasteiger partial charge in [-0.3, -0.25) is 4.79 Å². The van der Waals surface area contributed by atoms with Crippen molar-refractivity contribution < 1.29 is 14.7 Å². The zero-order chi connectivity index (χ0) is 12.7. The van der Waals surface area contributed by atoms with E-state index in [0.717, 1.165) is 12.0 Å². The summed E-state index contributed by atoms with van der Waals surface area (Å²) < 4.78 is 0. The molecular formula is C12H17NO3S. The number of hydrogen-bond donors (Lipinski definition) is 2. The zero-order valence-corrected chi connectivity index (χ0v) is 10.6. The van der Waals surface area contributed by atoms with Gasteiger partial charge in [-0.25, -0.2) is 4.79 Å². The molecule has 0 spiro atoms. The Morgan fingerprint density at radius 3 is 2.82 bits per heavy atom. The van der Waals surface area contributed by atoms with E-state index in [4.69, 9.17) is 5.11 Å². The van der Waals surface area contributed by atoms with Crippen LogP contribution in [0.1, 0.15) is 31.7 Å². The van der Waals surface area contributed by atoms with Gasteiger partial charge in [-0.15, -0.1) is 0 Å². The lowest BCUT2D eigenvalue weighted by atomic mass is 10.1. The predicted molar refractivity (Wildman–Crippen MR) is 67.1 cm³/mol. The molecule has 4 nitrogen and oxygen atoms in total. The Hall–Kier alpha value is -1.36. The van der Waals surface area contributed by atoms with Gasteiger partial charge in [0.25, 0.3) is 0 Å². The van der Waals surface area contributed by atoms with Crippen molar-refractivity contribution in [1.29, 1.82) is 0 Å². The molecule has 0 bridgehead atoms. The number of carbonyl (C=O) groups excluding carboxylic acids is 1. The third-order valence-corrected chi connectivity index (χ3v) is 3.16. The molecule has 0 saturated carbocycles. The highest BCUT2D eigenvalue weighted by Gasteiger charge is 2.18. The highest BCUT2D eigenvalue weighted by atomic mass is 32.1. The Balaban J connectivity index is 2.34. The van der Waals surface area contributed by atoms with Gasteiger partial charge in [-0.2, -0.15) is 11.3 Å².